The number of ether oxygens (including phenoxy) is 1. The third kappa shape index (κ3) is 6.54. The van der Waals surface area contributed by atoms with Crippen molar-refractivity contribution in [1.82, 2.24) is 9.97 Å². The molecule has 0 N–H and O–H groups in total. The summed E-state index contributed by atoms with van der Waals surface area (Å²) in [5.74, 6) is -1.52. The van der Waals surface area contributed by atoms with Crippen LogP contribution in [0.25, 0.3) is 33.9 Å². The Morgan fingerprint density at radius 1 is 0.794 bits per heavy atom. The Bertz CT molecular complexity index is 1300. The summed E-state index contributed by atoms with van der Waals surface area (Å²) in [7, 11) is 1.53. The Morgan fingerprint density at radius 2 is 1.24 bits per heavy atom. The van der Waals surface area contributed by atoms with Crippen LogP contribution in [0.3, 0.4) is 0 Å². The van der Waals surface area contributed by atoms with E-state index in [1.54, 1.807) is 48.5 Å². The molecule has 0 amide bonds. The van der Waals surface area contributed by atoms with Crippen molar-refractivity contribution >= 4 is 5.97 Å². The fraction of sp³-hybridized carbons (Fsp3) is 0.0800. The van der Waals surface area contributed by atoms with E-state index in [4.69, 9.17) is 14.6 Å². The van der Waals surface area contributed by atoms with Crippen LogP contribution in [0, 0.1) is 5.82 Å². The van der Waals surface area contributed by atoms with Crippen molar-refractivity contribution in [2.45, 2.75) is 6.92 Å². The third-order valence-electron chi connectivity index (χ3n) is 4.44. The van der Waals surface area contributed by atoms with E-state index in [2.05, 4.69) is 9.97 Å². The zero-order valence-corrected chi connectivity index (χ0v) is 19.3. The van der Waals surface area contributed by atoms with E-state index in [0.717, 1.165) is 19.1 Å². The van der Waals surface area contributed by atoms with Gasteiger partial charge in [-0.2, -0.15) is 0 Å². The number of carboxylic acids is 1. The number of hydrogen-bond acceptors (Lipinski definition) is 7. The number of aliphatic carboxylic acids is 1. The van der Waals surface area contributed by atoms with Crippen LogP contribution in [-0.4, -0.2) is 23.0 Å². The van der Waals surface area contributed by atoms with Crippen LogP contribution in [0.15, 0.2) is 72.8 Å². The quantitative estimate of drug-likeness (QED) is 0.395. The van der Waals surface area contributed by atoms with E-state index in [0.29, 0.717) is 34.1 Å². The van der Waals surface area contributed by atoms with E-state index in [9.17, 15) is 14.6 Å². The van der Waals surface area contributed by atoms with Crippen molar-refractivity contribution < 1.29 is 46.3 Å². The molecule has 0 saturated heterocycles. The van der Waals surface area contributed by atoms with Gasteiger partial charge in [0.1, 0.15) is 11.6 Å². The zero-order chi connectivity index (χ0) is 24.0. The van der Waals surface area contributed by atoms with Crippen LogP contribution in [0.1, 0.15) is 6.92 Å². The Morgan fingerprint density at radius 3 is 1.74 bits per heavy atom. The molecule has 0 saturated carbocycles. The van der Waals surface area contributed by atoms with Crippen molar-refractivity contribution in [1.29, 1.82) is 0 Å². The van der Waals surface area contributed by atoms with Crippen molar-refractivity contribution in [2.24, 2.45) is 0 Å². The average molecular weight is 500 g/mol. The van der Waals surface area contributed by atoms with Gasteiger partial charge in [-0.3, -0.25) is 0 Å². The smallest absolute Gasteiger partial charge is 0.872 e. The molecule has 9 heteroatoms. The largest absolute Gasteiger partial charge is 3.00 e. The third-order valence-corrected chi connectivity index (χ3v) is 4.44. The molecule has 0 aliphatic rings. The summed E-state index contributed by atoms with van der Waals surface area (Å²) in [6.07, 6.45) is 0. The van der Waals surface area contributed by atoms with Gasteiger partial charge in [0.15, 0.2) is 0 Å². The Balaban J connectivity index is 0.000000758. The first kappa shape index (κ1) is 26.3. The summed E-state index contributed by atoms with van der Waals surface area (Å²) < 4.78 is 18.8. The predicted molar refractivity (Wildman–Crippen MR) is 114 cm³/mol. The summed E-state index contributed by atoms with van der Waals surface area (Å²) in [4.78, 5) is 17.9. The minimum Gasteiger partial charge on any atom is -0.872 e. The molecular weight excluding hydrogens is 482 g/mol. The molecule has 4 aromatic rings. The fourth-order valence-electron chi connectivity index (χ4n) is 2.99. The Labute approximate surface area is 206 Å². The van der Waals surface area contributed by atoms with E-state index in [1.807, 2.05) is 0 Å². The first-order chi connectivity index (χ1) is 15.8. The molecule has 2 aromatic heterocycles. The van der Waals surface area contributed by atoms with Gasteiger partial charge in [-0.25, -0.2) is 14.4 Å². The molecule has 2 heterocycles. The molecule has 4 rings (SSSR count). The van der Waals surface area contributed by atoms with Gasteiger partial charge < -0.3 is 24.9 Å². The number of nitrogens with zero attached hydrogens (tertiary/aromatic N) is 2. The van der Waals surface area contributed by atoms with Crippen molar-refractivity contribution in [2.75, 3.05) is 7.11 Å². The van der Waals surface area contributed by atoms with Gasteiger partial charge in [-0.1, -0.05) is 35.8 Å². The van der Waals surface area contributed by atoms with Crippen LogP contribution < -0.4 is 20.1 Å². The molecule has 172 valence electrons. The van der Waals surface area contributed by atoms with Gasteiger partial charge in [-0.05, 0) is 66.6 Å². The standard InChI is InChI=1S/C23H17FN2O3.C2H4O2.Mn/c1-29-15-9-11-23(28)17(13-15)19-5-3-7-21(26-19)20-6-2-4-18(25-20)16-12-14(24)8-10-22(16)27;1-2(3)4;/h2-13,27-28H,1H3;1H3,(H,3,4);/q;;+3/p-3. The molecular formula is C25H18FMnN2O5. The van der Waals surface area contributed by atoms with Crippen LogP contribution in [0.4, 0.5) is 4.39 Å². The minimum atomic E-state index is -1.08. The number of carbonyl (C=O) groups is 1. The van der Waals surface area contributed by atoms with E-state index >= 15 is 0 Å². The topological polar surface area (TPSA) is 121 Å². The Kier molecular flexibility index (Phi) is 9.12. The van der Waals surface area contributed by atoms with E-state index in [1.165, 1.54) is 19.2 Å². The fourth-order valence-corrected chi connectivity index (χ4v) is 2.99. The van der Waals surface area contributed by atoms with Gasteiger partial charge in [0.05, 0.1) is 29.9 Å². The van der Waals surface area contributed by atoms with Gasteiger partial charge >= 0.3 is 17.1 Å². The van der Waals surface area contributed by atoms with Crippen LogP contribution in [-0.2, 0) is 21.9 Å². The summed E-state index contributed by atoms with van der Waals surface area (Å²) >= 11 is 0. The summed E-state index contributed by atoms with van der Waals surface area (Å²) in [6, 6.07) is 18.5. The molecule has 0 aliphatic heterocycles. The molecule has 0 spiro atoms. The molecule has 7 nitrogen and oxygen atoms in total. The Hall–Kier alpha value is -3.94. The molecule has 0 fully saturated rings. The molecule has 0 aliphatic carbocycles. The van der Waals surface area contributed by atoms with Crippen molar-refractivity contribution in [3.63, 3.8) is 0 Å². The molecule has 0 atom stereocenters. The van der Waals surface area contributed by atoms with E-state index < -0.39 is 11.8 Å². The van der Waals surface area contributed by atoms with Crippen molar-refractivity contribution in [3.05, 3.63) is 78.6 Å². The summed E-state index contributed by atoms with van der Waals surface area (Å²) in [5, 5.41) is 33.2. The zero-order valence-electron chi connectivity index (χ0n) is 18.1. The normalized spacial score (nSPS) is 9.85. The summed E-state index contributed by atoms with van der Waals surface area (Å²) in [6.45, 7) is 0.972. The second-order valence-electron chi connectivity index (χ2n) is 6.81. The summed E-state index contributed by atoms with van der Waals surface area (Å²) in [5.41, 5.74) is 2.45. The molecule has 0 radical (unpaired) electrons. The maximum Gasteiger partial charge on any atom is 3.00 e. The van der Waals surface area contributed by atoms with Crippen LogP contribution >= 0.6 is 0 Å². The number of halogens is 1. The SMILES string of the molecule is CC(=O)[O-].COc1ccc([O-])c(-c2cccc(-c3cccc(-c4cc(F)ccc4[O-])n3)n2)c1.[Mn+3]. The molecule has 0 bridgehead atoms. The number of rotatable bonds is 4. The first-order valence-electron chi connectivity index (χ1n) is 9.73. The van der Waals surface area contributed by atoms with Crippen LogP contribution in [0.2, 0.25) is 0 Å². The number of carboxylic acid groups (broad SMARTS) is 1. The minimum absolute atomic E-state index is 0. The second kappa shape index (κ2) is 11.8. The number of pyridine rings is 2. The second-order valence-corrected chi connectivity index (χ2v) is 6.81. The van der Waals surface area contributed by atoms with Gasteiger partial charge in [-0.15, -0.1) is 0 Å². The first-order valence-corrected chi connectivity index (χ1v) is 9.73. The molecule has 34 heavy (non-hydrogen) atoms. The number of methoxy groups -OCH3 is 1. The van der Waals surface area contributed by atoms with Gasteiger partial charge in [0, 0.05) is 5.97 Å². The number of aromatic nitrogens is 2. The average Bonchev–Trinajstić information content (AvgIpc) is 2.81. The monoisotopic (exact) mass is 500 g/mol. The van der Waals surface area contributed by atoms with Crippen molar-refractivity contribution in [3.8, 4) is 51.2 Å². The molecule has 0 unspecified atom stereocenters. The van der Waals surface area contributed by atoms with Gasteiger partial charge in [0.2, 0.25) is 0 Å². The van der Waals surface area contributed by atoms with E-state index in [-0.39, 0.29) is 34.1 Å². The molecule has 2 aromatic carbocycles. The number of carbonyl (C=O) groups excluding carboxylic acids is 1. The number of hydrogen-bond donors (Lipinski definition) is 0. The van der Waals surface area contributed by atoms with Gasteiger partial charge in [0.25, 0.3) is 0 Å². The number of benzene rings is 2. The maximum atomic E-state index is 13.6. The predicted octanol–water partition coefficient (Wildman–Crippen LogP) is 2.53. The maximum absolute atomic E-state index is 13.6. The van der Waals surface area contributed by atoms with Crippen LogP contribution in [0.5, 0.6) is 17.2 Å².